The minimum Gasteiger partial charge on any atom is -0.299 e. The van der Waals surface area contributed by atoms with Crippen LogP contribution in [0.3, 0.4) is 0 Å². The molecular weight excluding hydrogens is 297 g/mol. The molecule has 0 N–H and O–H groups in total. The van der Waals surface area contributed by atoms with Crippen LogP contribution in [-0.2, 0) is 11.2 Å². The third kappa shape index (κ3) is 6.46. The Morgan fingerprint density at radius 3 is 2.29 bits per heavy atom. The second-order valence-corrected chi connectivity index (χ2v) is 4.73. The Morgan fingerprint density at radius 2 is 1.76 bits per heavy atom. The standard InChI is InChI=1S/C12H12BrF3O/c13-10-5-3-9(4-6-10)8-11(17)2-1-7-12(14,15)16/h3-6H,1-2,7-8H2. The van der Waals surface area contributed by atoms with Gasteiger partial charge in [0.15, 0.2) is 0 Å². The number of hydrogen-bond acceptors (Lipinski definition) is 1. The maximum atomic E-state index is 11.9. The first kappa shape index (κ1) is 14.2. The fraction of sp³-hybridized carbons (Fsp3) is 0.417. The van der Waals surface area contributed by atoms with Gasteiger partial charge in [-0.2, -0.15) is 13.2 Å². The largest absolute Gasteiger partial charge is 0.389 e. The summed E-state index contributed by atoms with van der Waals surface area (Å²) in [5.74, 6) is -0.156. The highest BCUT2D eigenvalue weighted by atomic mass is 79.9. The number of carbonyl (C=O) groups excluding carboxylic acids is 1. The number of carbonyl (C=O) groups is 1. The summed E-state index contributed by atoms with van der Waals surface area (Å²) in [6.45, 7) is 0. The Kier molecular flexibility index (Phi) is 5.18. The minimum absolute atomic E-state index is 0.0183. The third-order valence-electron chi connectivity index (χ3n) is 2.23. The van der Waals surface area contributed by atoms with Gasteiger partial charge in [-0.05, 0) is 24.1 Å². The van der Waals surface area contributed by atoms with Crippen molar-refractivity contribution in [1.29, 1.82) is 0 Å². The molecule has 0 saturated carbocycles. The zero-order chi connectivity index (χ0) is 12.9. The highest BCUT2D eigenvalue weighted by molar-refractivity contribution is 9.10. The van der Waals surface area contributed by atoms with Gasteiger partial charge in [0.2, 0.25) is 0 Å². The lowest BCUT2D eigenvalue weighted by atomic mass is 10.0. The number of hydrogen-bond donors (Lipinski definition) is 0. The number of halogens is 4. The topological polar surface area (TPSA) is 17.1 Å². The number of rotatable bonds is 5. The molecule has 1 nitrogen and oxygen atoms in total. The van der Waals surface area contributed by atoms with Crippen LogP contribution in [0.4, 0.5) is 13.2 Å². The van der Waals surface area contributed by atoms with E-state index in [1.165, 1.54) is 0 Å². The van der Waals surface area contributed by atoms with Crippen LogP contribution < -0.4 is 0 Å². The SMILES string of the molecule is O=C(CCCC(F)(F)F)Cc1ccc(Br)cc1. The first-order chi connectivity index (χ1) is 7.87. The number of Topliss-reactive ketones (excluding diaryl/α,β-unsaturated/α-hetero) is 1. The lowest BCUT2D eigenvalue weighted by Gasteiger charge is -2.05. The van der Waals surface area contributed by atoms with Crippen molar-refractivity contribution in [2.24, 2.45) is 0 Å². The van der Waals surface area contributed by atoms with Crippen LogP contribution in [0.25, 0.3) is 0 Å². The maximum absolute atomic E-state index is 11.9. The zero-order valence-corrected chi connectivity index (χ0v) is 10.6. The van der Waals surface area contributed by atoms with Gasteiger partial charge in [0.1, 0.15) is 5.78 Å². The van der Waals surface area contributed by atoms with E-state index in [0.717, 1.165) is 10.0 Å². The molecule has 1 aromatic carbocycles. The Balaban J connectivity index is 2.32. The summed E-state index contributed by atoms with van der Waals surface area (Å²) < 4.78 is 36.5. The second-order valence-electron chi connectivity index (χ2n) is 3.81. The summed E-state index contributed by atoms with van der Waals surface area (Å²) in [4.78, 5) is 11.4. The number of benzene rings is 1. The van der Waals surface area contributed by atoms with Crippen molar-refractivity contribution in [1.82, 2.24) is 0 Å². The molecule has 0 radical (unpaired) electrons. The van der Waals surface area contributed by atoms with E-state index in [-0.39, 0.29) is 25.0 Å². The molecule has 0 fully saturated rings. The molecule has 5 heteroatoms. The molecule has 0 aliphatic rings. The summed E-state index contributed by atoms with van der Waals surface area (Å²) in [6.07, 6.45) is -5.00. The van der Waals surface area contributed by atoms with Gasteiger partial charge in [-0.15, -0.1) is 0 Å². The van der Waals surface area contributed by atoms with Gasteiger partial charge in [0.05, 0.1) is 0 Å². The van der Waals surface area contributed by atoms with Crippen LogP contribution in [0.5, 0.6) is 0 Å². The predicted molar refractivity (Wildman–Crippen MR) is 62.8 cm³/mol. The molecule has 17 heavy (non-hydrogen) atoms. The average molecular weight is 309 g/mol. The van der Waals surface area contributed by atoms with Crippen LogP contribution >= 0.6 is 15.9 Å². The minimum atomic E-state index is -4.17. The molecule has 0 unspecified atom stereocenters. The molecule has 0 heterocycles. The van der Waals surface area contributed by atoms with Crippen LogP contribution in [0.2, 0.25) is 0 Å². The Hall–Kier alpha value is -0.840. The van der Waals surface area contributed by atoms with Gasteiger partial charge in [0, 0.05) is 23.7 Å². The maximum Gasteiger partial charge on any atom is 0.389 e. The van der Waals surface area contributed by atoms with Gasteiger partial charge in [-0.1, -0.05) is 28.1 Å². The Labute approximate surface area is 106 Å². The van der Waals surface area contributed by atoms with E-state index in [1.54, 1.807) is 24.3 Å². The van der Waals surface area contributed by atoms with Crippen molar-refractivity contribution in [2.75, 3.05) is 0 Å². The summed E-state index contributed by atoms with van der Waals surface area (Å²) in [7, 11) is 0. The smallest absolute Gasteiger partial charge is 0.299 e. The number of ketones is 1. The van der Waals surface area contributed by atoms with Crippen molar-refractivity contribution in [3.8, 4) is 0 Å². The average Bonchev–Trinajstić information content (AvgIpc) is 2.19. The van der Waals surface area contributed by atoms with E-state index in [2.05, 4.69) is 15.9 Å². The first-order valence-electron chi connectivity index (χ1n) is 5.20. The lowest BCUT2D eigenvalue weighted by Crippen LogP contribution is -2.09. The molecule has 0 spiro atoms. The molecule has 94 valence electrons. The lowest BCUT2D eigenvalue weighted by molar-refractivity contribution is -0.137. The fourth-order valence-corrected chi connectivity index (χ4v) is 1.67. The summed E-state index contributed by atoms with van der Waals surface area (Å²) in [6, 6.07) is 7.17. The second kappa shape index (κ2) is 6.19. The highest BCUT2D eigenvalue weighted by Crippen LogP contribution is 2.22. The molecule has 1 rings (SSSR count). The zero-order valence-electron chi connectivity index (χ0n) is 9.06. The van der Waals surface area contributed by atoms with E-state index in [1.807, 2.05) is 0 Å². The van der Waals surface area contributed by atoms with Gasteiger partial charge < -0.3 is 0 Å². The third-order valence-corrected chi connectivity index (χ3v) is 2.76. The first-order valence-corrected chi connectivity index (χ1v) is 5.99. The summed E-state index contributed by atoms with van der Waals surface area (Å²) >= 11 is 3.27. The number of alkyl halides is 3. The van der Waals surface area contributed by atoms with E-state index in [9.17, 15) is 18.0 Å². The molecule has 0 atom stereocenters. The van der Waals surface area contributed by atoms with Crippen LogP contribution in [0.15, 0.2) is 28.7 Å². The Bertz CT molecular complexity index is 370. The molecule has 0 aliphatic carbocycles. The molecule has 0 saturated heterocycles. The van der Waals surface area contributed by atoms with Crippen molar-refractivity contribution in [3.63, 3.8) is 0 Å². The molecular formula is C12H12BrF3O. The molecule has 0 amide bonds. The Morgan fingerprint density at radius 1 is 1.18 bits per heavy atom. The van der Waals surface area contributed by atoms with Crippen molar-refractivity contribution < 1.29 is 18.0 Å². The van der Waals surface area contributed by atoms with Crippen molar-refractivity contribution >= 4 is 21.7 Å². The van der Waals surface area contributed by atoms with Crippen molar-refractivity contribution in [2.45, 2.75) is 31.9 Å². The van der Waals surface area contributed by atoms with Crippen molar-refractivity contribution in [3.05, 3.63) is 34.3 Å². The molecule has 0 aliphatic heterocycles. The molecule has 0 aromatic heterocycles. The monoisotopic (exact) mass is 308 g/mol. The van der Waals surface area contributed by atoms with E-state index in [0.29, 0.717) is 0 Å². The van der Waals surface area contributed by atoms with Gasteiger partial charge in [-0.25, -0.2) is 0 Å². The van der Waals surface area contributed by atoms with Crippen LogP contribution in [0, 0.1) is 0 Å². The van der Waals surface area contributed by atoms with Gasteiger partial charge in [0.25, 0.3) is 0 Å². The fourth-order valence-electron chi connectivity index (χ4n) is 1.40. The van der Waals surface area contributed by atoms with Crippen LogP contribution in [0.1, 0.15) is 24.8 Å². The van der Waals surface area contributed by atoms with E-state index < -0.39 is 12.6 Å². The quantitative estimate of drug-likeness (QED) is 0.793. The van der Waals surface area contributed by atoms with Gasteiger partial charge in [-0.3, -0.25) is 4.79 Å². The predicted octanol–water partition coefficient (Wildman–Crippen LogP) is 4.29. The van der Waals surface area contributed by atoms with E-state index >= 15 is 0 Å². The molecule has 1 aromatic rings. The van der Waals surface area contributed by atoms with E-state index in [4.69, 9.17) is 0 Å². The highest BCUT2D eigenvalue weighted by Gasteiger charge is 2.26. The van der Waals surface area contributed by atoms with Gasteiger partial charge >= 0.3 is 6.18 Å². The van der Waals surface area contributed by atoms with Crippen LogP contribution in [-0.4, -0.2) is 12.0 Å². The molecule has 0 bridgehead atoms. The summed E-state index contributed by atoms with van der Waals surface area (Å²) in [5, 5.41) is 0. The summed E-state index contributed by atoms with van der Waals surface area (Å²) in [5.41, 5.74) is 0.824. The normalized spacial score (nSPS) is 11.5.